The molecule has 6 rings (SSSR count). The second kappa shape index (κ2) is 11.9. The first-order valence-electron chi connectivity index (χ1n) is 15.7. The highest BCUT2D eigenvalue weighted by atomic mass is 35.5. The van der Waals surface area contributed by atoms with Crippen LogP contribution < -0.4 is 14.4 Å². The van der Waals surface area contributed by atoms with Gasteiger partial charge in [0.1, 0.15) is 11.4 Å². The molecule has 1 fully saturated rings. The minimum Gasteiger partial charge on any atom is -0.490 e. The van der Waals surface area contributed by atoms with Crippen molar-refractivity contribution in [3.8, 4) is 5.75 Å². The molecule has 0 saturated heterocycles. The summed E-state index contributed by atoms with van der Waals surface area (Å²) in [5, 5.41) is 0.713. The average Bonchev–Trinajstić information content (AvgIpc) is 3.12. The Morgan fingerprint density at radius 1 is 1.16 bits per heavy atom. The van der Waals surface area contributed by atoms with Gasteiger partial charge >= 0.3 is 0 Å². The summed E-state index contributed by atoms with van der Waals surface area (Å²) in [4.78, 5) is 29.8. The number of nitrogens with zero attached hydrogens (tertiary/aromatic N) is 2. The lowest BCUT2D eigenvalue weighted by molar-refractivity contribution is -0.139. The highest BCUT2D eigenvalue weighted by molar-refractivity contribution is 7.90. The Bertz CT molecular complexity index is 1640. The summed E-state index contributed by atoms with van der Waals surface area (Å²) in [6, 6.07) is 10.8. The molecule has 4 aliphatic rings. The Kier molecular flexibility index (Phi) is 8.46. The van der Waals surface area contributed by atoms with Gasteiger partial charge in [-0.3, -0.25) is 9.59 Å². The maximum atomic E-state index is 13.6. The van der Waals surface area contributed by atoms with Gasteiger partial charge in [-0.2, -0.15) is 0 Å². The number of nitrogens with one attached hydrogen (secondary N) is 1. The summed E-state index contributed by atoms with van der Waals surface area (Å²) in [6.45, 7) is 6.50. The van der Waals surface area contributed by atoms with Gasteiger partial charge in [0.05, 0.1) is 29.8 Å². The number of aryl methyl sites for hydroxylation is 1. The Morgan fingerprint density at radius 3 is 2.69 bits per heavy atom. The molecule has 1 spiro atoms. The molecule has 2 bridgehead atoms. The largest absolute Gasteiger partial charge is 0.490 e. The molecule has 0 unspecified atom stereocenters. The van der Waals surface area contributed by atoms with E-state index in [-0.39, 0.29) is 40.7 Å². The minimum absolute atomic E-state index is 0.0166. The number of carbonyl (C=O) groups is 2. The summed E-state index contributed by atoms with van der Waals surface area (Å²) >= 11 is 6.41. The predicted molar refractivity (Wildman–Crippen MR) is 173 cm³/mol. The van der Waals surface area contributed by atoms with E-state index < -0.39 is 21.5 Å². The lowest BCUT2D eigenvalue weighted by Crippen LogP contribution is -2.52. The maximum absolute atomic E-state index is 13.6. The number of amides is 2. The van der Waals surface area contributed by atoms with Crippen molar-refractivity contribution in [2.75, 3.05) is 38.3 Å². The molecule has 11 heteroatoms. The van der Waals surface area contributed by atoms with Gasteiger partial charge in [-0.05, 0) is 99.2 Å². The first-order valence-corrected chi connectivity index (χ1v) is 17.6. The third-order valence-electron chi connectivity index (χ3n) is 10.3. The number of benzene rings is 2. The number of sulfonamides is 1. The van der Waals surface area contributed by atoms with Gasteiger partial charge in [0.2, 0.25) is 5.91 Å². The normalized spacial score (nSPS) is 28.9. The highest BCUT2D eigenvalue weighted by Gasteiger charge is 2.45. The average molecular weight is 656 g/mol. The van der Waals surface area contributed by atoms with Gasteiger partial charge in [0, 0.05) is 37.5 Å². The number of likely N-dealkylation sites (N-methyl/N-ethyl adjacent to an activating group) is 1. The fourth-order valence-corrected chi connectivity index (χ4v) is 8.72. The van der Waals surface area contributed by atoms with Crippen LogP contribution in [-0.4, -0.2) is 70.1 Å². The molecule has 2 amide bonds. The summed E-state index contributed by atoms with van der Waals surface area (Å²) in [7, 11) is -2.38. The van der Waals surface area contributed by atoms with Crippen molar-refractivity contribution >= 4 is 39.1 Å². The van der Waals surface area contributed by atoms with E-state index in [9.17, 15) is 18.0 Å². The third kappa shape index (κ3) is 6.09. The first kappa shape index (κ1) is 31.9. The zero-order chi connectivity index (χ0) is 32.1. The number of anilines is 1. The number of hydrogen-bond donors (Lipinski definition) is 1. The van der Waals surface area contributed by atoms with E-state index in [4.69, 9.17) is 21.1 Å². The van der Waals surface area contributed by atoms with Crippen LogP contribution in [0.15, 0.2) is 53.4 Å². The van der Waals surface area contributed by atoms with Crippen LogP contribution in [0.1, 0.15) is 57.6 Å². The van der Waals surface area contributed by atoms with Gasteiger partial charge in [-0.1, -0.05) is 29.8 Å². The Hall–Kier alpha value is -3.08. The summed E-state index contributed by atoms with van der Waals surface area (Å²) in [6.07, 6.45) is 8.64. The molecule has 1 N–H and O–H groups in total. The molecule has 45 heavy (non-hydrogen) atoms. The summed E-state index contributed by atoms with van der Waals surface area (Å²) in [5.41, 5.74) is 1.40. The summed E-state index contributed by atoms with van der Waals surface area (Å²) < 4.78 is 41.7. The molecule has 2 heterocycles. The predicted octanol–water partition coefficient (Wildman–Crippen LogP) is 4.86. The van der Waals surface area contributed by atoms with Crippen molar-refractivity contribution in [3.05, 3.63) is 64.7 Å². The Balaban J connectivity index is 1.46. The van der Waals surface area contributed by atoms with E-state index in [0.29, 0.717) is 36.2 Å². The van der Waals surface area contributed by atoms with Crippen LogP contribution in [0.25, 0.3) is 0 Å². The lowest BCUT2D eigenvalue weighted by atomic mass is 9.67. The fourth-order valence-electron chi connectivity index (χ4n) is 7.41. The maximum Gasteiger partial charge on any atom is 0.265 e. The molecule has 4 atom stereocenters. The zero-order valence-electron chi connectivity index (χ0n) is 26.3. The van der Waals surface area contributed by atoms with E-state index in [1.807, 2.05) is 25.3 Å². The summed E-state index contributed by atoms with van der Waals surface area (Å²) in [5.74, 6) is 0.274. The number of rotatable bonds is 1. The number of ether oxygens (including phenoxy) is 2. The molecule has 1 saturated carbocycles. The molecule has 0 aromatic heterocycles. The van der Waals surface area contributed by atoms with Gasteiger partial charge in [0.15, 0.2) is 0 Å². The van der Waals surface area contributed by atoms with E-state index in [2.05, 4.69) is 21.8 Å². The smallest absolute Gasteiger partial charge is 0.265 e. The Labute approximate surface area is 270 Å². The molecule has 9 nitrogen and oxygen atoms in total. The molecule has 242 valence electrons. The monoisotopic (exact) mass is 655 g/mol. The van der Waals surface area contributed by atoms with Crippen molar-refractivity contribution in [2.24, 2.45) is 11.8 Å². The van der Waals surface area contributed by atoms with Gasteiger partial charge < -0.3 is 19.3 Å². The fraction of sp³-hybridized carbons (Fsp3) is 0.529. The molecule has 2 aromatic carbocycles. The van der Waals surface area contributed by atoms with Crippen molar-refractivity contribution < 1.29 is 27.5 Å². The molecular formula is C34H42ClN3O6S. The van der Waals surface area contributed by atoms with Crippen LogP contribution in [0.2, 0.25) is 5.02 Å². The van der Waals surface area contributed by atoms with Crippen LogP contribution in [0.3, 0.4) is 0 Å². The van der Waals surface area contributed by atoms with Crippen LogP contribution in [-0.2, 0) is 36.2 Å². The topological polar surface area (TPSA) is 105 Å². The second-order valence-electron chi connectivity index (χ2n) is 13.5. The van der Waals surface area contributed by atoms with Crippen LogP contribution in [0.5, 0.6) is 5.75 Å². The first-order chi connectivity index (χ1) is 21.3. The highest BCUT2D eigenvalue weighted by Crippen LogP contribution is 2.47. The standard InChI is InChI=1S/C34H42ClN3O6S/c1-22(39)37(4)29-8-6-16-44-33(2,3)32(40)36-45(41,42)26-11-14-31-30(18-26)38(19-24-9-12-27(24)29)20-34(21-43-31)15-5-7-23-17-25(35)10-13-28(23)34/h6,8,10-11,13-14,17-18,24,27,29H,5,7,9,12,15-16,19-21H2,1-4H3,(H,36,40)/t24-,27+,29-,34-/m0/s1. The minimum atomic E-state index is -4.21. The van der Waals surface area contributed by atoms with Crippen molar-refractivity contribution in [2.45, 2.75) is 74.8 Å². The SMILES string of the molecule is CC(=O)N(C)[C@H]1C=CCOC(C)(C)C(=O)NS(=O)(=O)c2ccc3c(c2)N(C[C@@H]2CC[C@H]21)C[C@@]1(CCCc2cc(Cl)ccc21)CO3. The van der Waals surface area contributed by atoms with E-state index >= 15 is 0 Å². The molecule has 2 aromatic rings. The molecule has 2 aliphatic carbocycles. The van der Waals surface area contributed by atoms with Crippen molar-refractivity contribution in [1.82, 2.24) is 9.62 Å². The van der Waals surface area contributed by atoms with E-state index in [1.54, 1.807) is 24.0 Å². The number of halogens is 1. The van der Waals surface area contributed by atoms with Gasteiger partial charge in [0.25, 0.3) is 15.9 Å². The zero-order valence-corrected chi connectivity index (χ0v) is 27.9. The molecular weight excluding hydrogens is 614 g/mol. The number of hydrogen-bond acceptors (Lipinski definition) is 7. The second-order valence-corrected chi connectivity index (χ2v) is 15.7. The van der Waals surface area contributed by atoms with Gasteiger partial charge in [-0.15, -0.1) is 0 Å². The third-order valence-corrected chi connectivity index (χ3v) is 11.8. The van der Waals surface area contributed by atoms with Crippen molar-refractivity contribution in [3.63, 3.8) is 0 Å². The molecule has 0 radical (unpaired) electrons. The van der Waals surface area contributed by atoms with Crippen LogP contribution in [0.4, 0.5) is 5.69 Å². The van der Waals surface area contributed by atoms with Crippen molar-refractivity contribution in [1.29, 1.82) is 0 Å². The Morgan fingerprint density at radius 2 is 1.96 bits per heavy atom. The van der Waals surface area contributed by atoms with Crippen LogP contribution >= 0.6 is 11.6 Å². The van der Waals surface area contributed by atoms with Gasteiger partial charge in [-0.25, -0.2) is 13.1 Å². The quantitative estimate of drug-likeness (QED) is 0.438. The van der Waals surface area contributed by atoms with E-state index in [1.165, 1.54) is 31.0 Å². The van der Waals surface area contributed by atoms with E-state index in [0.717, 1.165) is 32.1 Å². The lowest BCUT2D eigenvalue weighted by Gasteiger charge is -2.47. The number of fused-ring (bicyclic) bond motifs is 4. The molecule has 2 aliphatic heterocycles. The van der Waals surface area contributed by atoms with Crippen LogP contribution in [0, 0.1) is 11.8 Å². The number of carbonyl (C=O) groups excluding carboxylic acids is 2.